The number of carbonyl (C=O) groups is 1. The van der Waals surface area contributed by atoms with Crippen molar-refractivity contribution in [3.8, 4) is 0 Å². The van der Waals surface area contributed by atoms with E-state index in [1.807, 2.05) is 0 Å². The lowest BCUT2D eigenvalue weighted by molar-refractivity contribution is -0.137. The normalized spacial score (nSPS) is 11.7. The van der Waals surface area contributed by atoms with Crippen molar-refractivity contribution in [2.24, 2.45) is 5.73 Å². The zero-order valence-electron chi connectivity index (χ0n) is 6.42. The van der Waals surface area contributed by atoms with E-state index in [1.165, 1.54) is 0 Å². The van der Waals surface area contributed by atoms with Gasteiger partial charge in [-0.1, -0.05) is 6.58 Å². The van der Waals surface area contributed by atoms with Crippen LogP contribution in [0.4, 0.5) is 0 Å². The summed E-state index contributed by atoms with van der Waals surface area (Å²) < 4.78 is 0. The van der Waals surface area contributed by atoms with E-state index in [4.69, 9.17) is 10.8 Å². The van der Waals surface area contributed by atoms with Crippen molar-refractivity contribution < 1.29 is 9.90 Å². The highest BCUT2D eigenvalue weighted by Gasteiger charge is 1.99. The number of carboxylic acids is 1. The molecule has 0 radical (unpaired) electrons. The smallest absolute Gasteiger partial charge is 0.303 e. The summed E-state index contributed by atoms with van der Waals surface area (Å²) in [6.45, 7) is 3.37. The van der Waals surface area contributed by atoms with Crippen LogP contribution < -0.4 is 5.73 Å². The Kier molecular flexibility index (Phi) is 5.17. The summed E-state index contributed by atoms with van der Waals surface area (Å²) in [5.41, 5.74) is 8.08. The van der Waals surface area contributed by atoms with Gasteiger partial charge in [0.05, 0.1) is 0 Å². The van der Waals surface area contributed by atoms with Gasteiger partial charge >= 0.3 is 5.97 Å². The maximum Gasteiger partial charge on any atom is 0.303 e. The molecule has 0 bridgehead atoms. The summed E-state index contributed by atoms with van der Waals surface area (Å²) in [6.07, 6.45) is 3.10. The van der Waals surface area contributed by atoms with Crippen LogP contribution in [0.2, 0.25) is 0 Å². The fraction of sp³-hybridized carbons (Fsp3) is 0.500. The number of aliphatic carboxylic acids is 1. The largest absolute Gasteiger partial charge is 0.481 e. The average molecular weight is 155 g/mol. The Hall–Kier alpha value is -1.05. The Morgan fingerprint density at radius 1 is 1.82 bits per heavy atom. The first kappa shape index (κ1) is 9.95. The summed E-state index contributed by atoms with van der Waals surface area (Å²) in [5, 5.41) is 8.28. The van der Waals surface area contributed by atoms with Crippen LogP contribution in [0.25, 0.3) is 0 Å². The second-order valence-electron chi connectivity index (χ2n) is 2.32. The van der Waals surface area contributed by atoms with Gasteiger partial charge < -0.3 is 10.8 Å². The minimum Gasteiger partial charge on any atom is -0.481 e. The molecule has 0 aromatic heterocycles. The second-order valence-corrected chi connectivity index (χ2v) is 2.32. The number of carboxylic acid groups (broad SMARTS) is 1. The van der Waals surface area contributed by atoms with Crippen LogP contribution >= 0.6 is 0 Å². The highest BCUT2D eigenvalue weighted by molar-refractivity contribution is 5.66. The number of hydrogen-bond acceptors (Lipinski definition) is 2. The molecular formula is C8H13NO2. The van der Waals surface area contributed by atoms with Gasteiger partial charge in [-0.3, -0.25) is 4.79 Å². The molecule has 0 amide bonds. The van der Waals surface area contributed by atoms with Gasteiger partial charge in [-0.05, 0) is 18.9 Å². The maximum atomic E-state index is 10.1. The van der Waals surface area contributed by atoms with Crippen molar-refractivity contribution in [1.82, 2.24) is 0 Å². The van der Waals surface area contributed by atoms with E-state index in [9.17, 15) is 4.79 Å². The fourth-order valence-corrected chi connectivity index (χ4v) is 0.724. The molecule has 0 aliphatic carbocycles. The SMILES string of the molecule is C=C=C[C@@H](N)CCCC(=O)O. The van der Waals surface area contributed by atoms with E-state index in [-0.39, 0.29) is 12.5 Å². The zero-order valence-corrected chi connectivity index (χ0v) is 6.42. The van der Waals surface area contributed by atoms with E-state index in [1.54, 1.807) is 6.08 Å². The third-order valence-corrected chi connectivity index (χ3v) is 1.26. The van der Waals surface area contributed by atoms with Crippen LogP contribution in [-0.2, 0) is 4.79 Å². The van der Waals surface area contributed by atoms with Gasteiger partial charge in [0.25, 0.3) is 0 Å². The van der Waals surface area contributed by atoms with E-state index in [0.717, 1.165) is 0 Å². The molecule has 0 aromatic rings. The van der Waals surface area contributed by atoms with Gasteiger partial charge in [0.15, 0.2) is 0 Å². The maximum absolute atomic E-state index is 10.1. The van der Waals surface area contributed by atoms with Gasteiger partial charge in [-0.25, -0.2) is 0 Å². The van der Waals surface area contributed by atoms with Crippen LogP contribution in [-0.4, -0.2) is 17.1 Å². The lowest BCUT2D eigenvalue weighted by Crippen LogP contribution is -2.16. The Bertz CT molecular complexity index is 171. The van der Waals surface area contributed by atoms with E-state index in [0.29, 0.717) is 12.8 Å². The van der Waals surface area contributed by atoms with Crippen molar-refractivity contribution in [1.29, 1.82) is 0 Å². The Morgan fingerprint density at radius 2 is 2.45 bits per heavy atom. The summed E-state index contributed by atoms with van der Waals surface area (Å²) in [6, 6.07) is -0.105. The minimum absolute atomic E-state index is 0.105. The molecular weight excluding hydrogens is 142 g/mol. The topological polar surface area (TPSA) is 63.3 Å². The van der Waals surface area contributed by atoms with Crippen LogP contribution in [0.1, 0.15) is 19.3 Å². The molecule has 0 rings (SSSR count). The first-order valence-electron chi connectivity index (χ1n) is 3.50. The third kappa shape index (κ3) is 6.84. The molecule has 3 N–H and O–H groups in total. The number of rotatable bonds is 5. The minimum atomic E-state index is -0.778. The van der Waals surface area contributed by atoms with Gasteiger partial charge in [0.2, 0.25) is 0 Å². The van der Waals surface area contributed by atoms with Crippen molar-refractivity contribution in [2.75, 3.05) is 0 Å². The van der Waals surface area contributed by atoms with Crippen LogP contribution in [0.3, 0.4) is 0 Å². The summed E-state index contributed by atoms with van der Waals surface area (Å²) in [7, 11) is 0. The number of nitrogens with two attached hydrogens (primary N) is 1. The lowest BCUT2D eigenvalue weighted by atomic mass is 10.1. The van der Waals surface area contributed by atoms with Gasteiger partial charge in [-0.2, -0.15) is 0 Å². The zero-order chi connectivity index (χ0) is 8.69. The molecule has 0 saturated heterocycles. The van der Waals surface area contributed by atoms with Gasteiger partial charge in [-0.15, -0.1) is 5.73 Å². The van der Waals surface area contributed by atoms with Crippen molar-refractivity contribution in [3.63, 3.8) is 0 Å². The number of hydrogen-bond donors (Lipinski definition) is 2. The predicted octanol–water partition coefficient (Wildman–Crippen LogP) is 0.910. The van der Waals surface area contributed by atoms with Crippen LogP contribution in [0.5, 0.6) is 0 Å². The fourth-order valence-electron chi connectivity index (χ4n) is 0.724. The Balaban J connectivity index is 3.38. The standard InChI is InChI=1S/C8H13NO2/c1-2-4-7(9)5-3-6-8(10)11/h4,7H,1,3,5-6,9H2,(H,10,11)/t7-/m1/s1. The van der Waals surface area contributed by atoms with Gasteiger partial charge in [0.1, 0.15) is 0 Å². The Morgan fingerprint density at radius 3 is 2.91 bits per heavy atom. The molecule has 3 nitrogen and oxygen atoms in total. The van der Waals surface area contributed by atoms with Crippen molar-refractivity contribution in [3.05, 3.63) is 18.4 Å². The monoisotopic (exact) mass is 155 g/mol. The average Bonchev–Trinajstić information content (AvgIpc) is 1.87. The van der Waals surface area contributed by atoms with Crippen LogP contribution in [0.15, 0.2) is 18.4 Å². The molecule has 0 heterocycles. The molecule has 0 aliphatic rings. The first-order valence-corrected chi connectivity index (χ1v) is 3.50. The van der Waals surface area contributed by atoms with Crippen LogP contribution in [0, 0.1) is 0 Å². The van der Waals surface area contributed by atoms with Crippen molar-refractivity contribution >= 4 is 5.97 Å². The summed E-state index contributed by atoms with van der Waals surface area (Å²) in [5.74, 6) is -0.778. The Labute approximate surface area is 66.2 Å². The molecule has 0 fully saturated rings. The van der Waals surface area contributed by atoms with E-state index >= 15 is 0 Å². The molecule has 0 spiro atoms. The molecule has 0 aromatic carbocycles. The molecule has 62 valence electrons. The predicted molar refractivity (Wildman–Crippen MR) is 43.2 cm³/mol. The van der Waals surface area contributed by atoms with E-state index < -0.39 is 5.97 Å². The van der Waals surface area contributed by atoms with E-state index in [2.05, 4.69) is 12.3 Å². The molecule has 0 aliphatic heterocycles. The molecule has 1 atom stereocenters. The third-order valence-electron chi connectivity index (χ3n) is 1.26. The molecule has 11 heavy (non-hydrogen) atoms. The molecule has 3 heteroatoms. The molecule has 0 unspecified atom stereocenters. The quantitative estimate of drug-likeness (QED) is 0.580. The van der Waals surface area contributed by atoms with Gasteiger partial charge in [0, 0.05) is 12.5 Å². The second kappa shape index (κ2) is 5.71. The molecule has 0 saturated carbocycles. The lowest BCUT2D eigenvalue weighted by Gasteiger charge is -2.01. The highest BCUT2D eigenvalue weighted by Crippen LogP contribution is 1.99. The first-order chi connectivity index (χ1) is 5.16. The summed E-state index contributed by atoms with van der Waals surface area (Å²) in [4.78, 5) is 10.1. The summed E-state index contributed by atoms with van der Waals surface area (Å²) >= 11 is 0. The highest BCUT2D eigenvalue weighted by atomic mass is 16.4. The van der Waals surface area contributed by atoms with Crippen molar-refractivity contribution in [2.45, 2.75) is 25.3 Å².